The van der Waals surface area contributed by atoms with Gasteiger partial charge in [-0.15, -0.1) is 0 Å². The second kappa shape index (κ2) is 4.85. The summed E-state index contributed by atoms with van der Waals surface area (Å²) in [6, 6.07) is 5.47. The molecule has 0 spiro atoms. The van der Waals surface area contributed by atoms with Gasteiger partial charge in [0, 0.05) is 16.8 Å². The van der Waals surface area contributed by atoms with Gasteiger partial charge in [-0.1, -0.05) is 37.9 Å². The Hall–Kier alpha value is -0.0600. The molecule has 1 aromatic rings. The predicted molar refractivity (Wildman–Crippen MR) is 66.9 cm³/mol. The number of fused-ring (bicyclic) bond motifs is 1. The molecule has 0 saturated carbocycles. The van der Waals surface area contributed by atoms with Crippen LogP contribution in [-0.2, 0) is 4.74 Å². The summed E-state index contributed by atoms with van der Waals surface area (Å²) >= 11 is 7.07. The van der Waals surface area contributed by atoms with Gasteiger partial charge in [-0.2, -0.15) is 0 Å². The van der Waals surface area contributed by atoms with Crippen molar-refractivity contribution in [2.45, 2.75) is 17.4 Å². The Morgan fingerprint density at radius 2 is 2.20 bits per heavy atom. The van der Waals surface area contributed by atoms with Crippen molar-refractivity contribution in [1.82, 2.24) is 0 Å². The maximum atomic E-state index is 9.48. The molecule has 0 amide bonds. The van der Waals surface area contributed by atoms with E-state index >= 15 is 0 Å². The zero-order valence-electron chi connectivity index (χ0n) is 8.12. The lowest BCUT2D eigenvalue weighted by molar-refractivity contribution is 0.0739. The molecular weight excluding hydrogens is 324 g/mol. The quantitative estimate of drug-likeness (QED) is 0.793. The summed E-state index contributed by atoms with van der Waals surface area (Å²) in [4.78, 5) is 0.267. The Morgan fingerprint density at radius 1 is 1.40 bits per heavy atom. The summed E-state index contributed by atoms with van der Waals surface area (Å²) < 4.78 is 5.73. The molecule has 2 rings (SSSR count). The normalized spacial score (nSPS) is 25.7. The minimum atomic E-state index is 0.0862. The van der Waals surface area contributed by atoms with Crippen molar-refractivity contribution in [3.05, 3.63) is 29.3 Å². The molecule has 0 aliphatic carbocycles. The van der Waals surface area contributed by atoms with Crippen LogP contribution >= 0.6 is 31.9 Å². The molecule has 2 nitrogen and oxygen atoms in total. The van der Waals surface area contributed by atoms with E-state index in [1.807, 2.05) is 12.1 Å². The molecule has 0 saturated heterocycles. The highest BCUT2D eigenvalue weighted by Gasteiger charge is 2.23. The topological polar surface area (TPSA) is 29.5 Å². The molecule has 0 aromatic heterocycles. The highest BCUT2D eigenvalue weighted by Crippen LogP contribution is 2.39. The molecule has 1 aliphatic heterocycles. The van der Waals surface area contributed by atoms with E-state index in [1.165, 1.54) is 0 Å². The largest absolute Gasteiger partial charge is 0.508 e. The lowest BCUT2D eigenvalue weighted by Crippen LogP contribution is -2.05. The van der Waals surface area contributed by atoms with Crippen molar-refractivity contribution < 1.29 is 9.84 Å². The van der Waals surface area contributed by atoms with Crippen LogP contribution in [0.4, 0.5) is 0 Å². The summed E-state index contributed by atoms with van der Waals surface area (Å²) in [5.41, 5.74) is 2.29. The van der Waals surface area contributed by atoms with Crippen molar-refractivity contribution >= 4 is 31.9 Å². The molecule has 0 bridgehead atoms. The maximum absolute atomic E-state index is 9.48. The van der Waals surface area contributed by atoms with Gasteiger partial charge in [0.1, 0.15) is 5.75 Å². The SMILES string of the molecule is Oc1ccc2c(c1)C(Br)CCOC2CBr. The number of rotatable bonds is 1. The number of ether oxygens (including phenoxy) is 1. The van der Waals surface area contributed by atoms with E-state index in [2.05, 4.69) is 31.9 Å². The first-order valence-corrected chi connectivity index (χ1v) is 6.90. The van der Waals surface area contributed by atoms with Gasteiger partial charge in [-0.05, 0) is 29.7 Å². The molecule has 82 valence electrons. The molecule has 1 aromatic carbocycles. The minimum Gasteiger partial charge on any atom is -0.508 e. The van der Waals surface area contributed by atoms with Crippen LogP contribution in [0.5, 0.6) is 5.75 Å². The van der Waals surface area contributed by atoms with E-state index in [-0.39, 0.29) is 10.9 Å². The molecule has 1 aliphatic rings. The lowest BCUT2D eigenvalue weighted by Gasteiger charge is -2.16. The van der Waals surface area contributed by atoms with Crippen molar-refractivity contribution in [2.24, 2.45) is 0 Å². The Labute approximate surface area is 106 Å². The van der Waals surface area contributed by atoms with E-state index in [1.54, 1.807) is 6.07 Å². The number of aromatic hydroxyl groups is 1. The highest BCUT2D eigenvalue weighted by atomic mass is 79.9. The third-order valence-electron chi connectivity index (χ3n) is 2.59. The standard InChI is InChI=1S/C11H12Br2O2/c12-6-11-8-2-1-7(14)5-9(8)10(13)3-4-15-11/h1-2,5,10-11,14H,3-4,6H2. The molecule has 2 atom stereocenters. The number of alkyl halides is 2. The first-order chi connectivity index (χ1) is 7.22. The lowest BCUT2D eigenvalue weighted by atomic mass is 10.0. The zero-order chi connectivity index (χ0) is 10.8. The van der Waals surface area contributed by atoms with Gasteiger partial charge < -0.3 is 9.84 Å². The number of benzene rings is 1. The fourth-order valence-corrected chi connectivity index (χ4v) is 2.93. The average Bonchev–Trinajstić information content (AvgIpc) is 2.38. The molecule has 0 fully saturated rings. The molecule has 15 heavy (non-hydrogen) atoms. The maximum Gasteiger partial charge on any atom is 0.115 e. The molecule has 1 N–H and O–H groups in total. The van der Waals surface area contributed by atoms with Gasteiger partial charge in [0.05, 0.1) is 6.10 Å². The van der Waals surface area contributed by atoms with Crippen LogP contribution in [0.3, 0.4) is 0 Å². The number of hydrogen-bond acceptors (Lipinski definition) is 2. The Morgan fingerprint density at radius 3 is 2.93 bits per heavy atom. The van der Waals surface area contributed by atoms with E-state index < -0.39 is 0 Å². The second-order valence-corrected chi connectivity index (χ2v) is 5.34. The fourth-order valence-electron chi connectivity index (χ4n) is 1.81. The van der Waals surface area contributed by atoms with E-state index in [9.17, 15) is 5.11 Å². The van der Waals surface area contributed by atoms with Gasteiger partial charge in [-0.25, -0.2) is 0 Å². The summed E-state index contributed by atoms with van der Waals surface area (Å²) in [6.45, 7) is 0.738. The van der Waals surface area contributed by atoms with Crippen LogP contribution in [0, 0.1) is 0 Å². The minimum absolute atomic E-state index is 0.0862. The van der Waals surface area contributed by atoms with Crippen LogP contribution < -0.4 is 0 Å². The highest BCUT2D eigenvalue weighted by molar-refractivity contribution is 9.09. The van der Waals surface area contributed by atoms with Gasteiger partial charge >= 0.3 is 0 Å². The van der Waals surface area contributed by atoms with E-state index in [4.69, 9.17) is 4.74 Å². The summed E-state index contributed by atoms with van der Waals surface area (Å²) in [7, 11) is 0. The molecule has 1 heterocycles. The summed E-state index contributed by atoms with van der Waals surface area (Å²) in [6.07, 6.45) is 1.02. The molecular formula is C11H12Br2O2. The smallest absolute Gasteiger partial charge is 0.115 e. The number of hydrogen-bond donors (Lipinski definition) is 1. The van der Waals surface area contributed by atoms with E-state index in [0.717, 1.165) is 29.5 Å². The van der Waals surface area contributed by atoms with Crippen LogP contribution in [0.25, 0.3) is 0 Å². The van der Waals surface area contributed by atoms with Crippen molar-refractivity contribution in [3.63, 3.8) is 0 Å². The van der Waals surface area contributed by atoms with Crippen molar-refractivity contribution in [3.8, 4) is 5.75 Å². The third kappa shape index (κ3) is 2.37. The van der Waals surface area contributed by atoms with Gasteiger partial charge in [0.25, 0.3) is 0 Å². The Kier molecular flexibility index (Phi) is 3.69. The van der Waals surface area contributed by atoms with Crippen LogP contribution in [0.15, 0.2) is 18.2 Å². The van der Waals surface area contributed by atoms with Crippen LogP contribution in [0.2, 0.25) is 0 Å². The first-order valence-electron chi connectivity index (χ1n) is 4.87. The number of phenols is 1. The van der Waals surface area contributed by atoms with Crippen molar-refractivity contribution in [2.75, 3.05) is 11.9 Å². The van der Waals surface area contributed by atoms with Crippen molar-refractivity contribution in [1.29, 1.82) is 0 Å². The fraction of sp³-hybridized carbons (Fsp3) is 0.455. The second-order valence-electron chi connectivity index (χ2n) is 3.58. The van der Waals surface area contributed by atoms with Gasteiger partial charge in [0.2, 0.25) is 0 Å². The monoisotopic (exact) mass is 334 g/mol. The number of halogens is 2. The molecule has 2 unspecified atom stereocenters. The van der Waals surface area contributed by atoms with Gasteiger partial charge in [-0.3, -0.25) is 0 Å². The molecule has 0 radical (unpaired) electrons. The summed E-state index contributed by atoms with van der Waals surface area (Å²) in [5.74, 6) is 0.313. The van der Waals surface area contributed by atoms with Gasteiger partial charge in [0.15, 0.2) is 0 Å². The first kappa shape index (κ1) is 11.4. The Balaban J connectivity index is 2.46. The number of phenolic OH excluding ortho intramolecular Hbond substituents is 1. The van der Waals surface area contributed by atoms with Crippen LogP contribution in [0.1, 0.15) is 28.5 Å². The molecule has 4 heteroatoms. The Bertz CT molecular complexity index is 354. The van der Waals surface area contributed by atoms with Crippen LogP contribution in [-0.4, -0.2) is 17.0 Å². The average molecular weight is 336 g/mol. The zero-order valence-corrected chi connectivity index (χ0v) is 11.3. The van der Waals surface area contributed by atoms with E-state index in [0.29, 0.717) is 5.75 Å². The third-order valence-corrected chi connectivity index (χ3v) is 4.12. The predicted octanol–water partition coefficient (Wildman–Crippen LogP) is 3.68. The summed E-state index contributed by atoms with van der Waals surface area (Å²) in [5, 5.41) is 10.3.